The second-order valence-electron chi connectivity index (χ2n) is 6.54. The van der Waals surface area contributed by atoms with Gasteiger partial charge in [0.25, 0.3) is 0 Å². The van der Waals surface area contributed by atoms with Crippen molar-refractivity contribution in [2.75, 3.05) is 31.1 Å². The first kappa shape index (κ1) is 16.5. The summed E-state index contributed by atoms with van der Waals surface area (Å²) in [6.07, 6.45) is 3.80. The van der Waals surface area contributed by atoms with E-state index in [1.54, 1.807) is 0 Å². The maximum absolute atomic E-state index is 12.0. The molecule has 1 atom stereocenters. The highest BCUT2D eigenvalue weighted by molar-refractivity contribution is 8.00. The summed E-state index contributed by atoms with van der Waals surface area (Å²) < 4.78 is 0. The topological polar surface area (TPSA) is 49.4 Å². The first-order valence-electron chi connectivity index (χ1n) is 8.38. The highest BCUT2D eigenvalue weighted by atomic mass is 32.2. The first-order chi connectivity index (χ1) is 11.2. The van der Waals surface area contributed by atoms with Crippen molar-refractivity contribution in [2.24, 2.45) is 5.92 Å². The number of amides is 1. The summed E-state index contributed by atoms with van der Waals surface area (Å²) in [5.41, 5.74) is 0.715. The summed E-state index contributed by atoms with van der Waals surface area (Å²) in [6.45, 7) is 3.28. The van der Waals surface area contributed by atoms with Gasteiger partial charge in [-0.2, -0.15) is 0 Å². The molecule has 1 aliphatic carbocycles. The van der Waals surface area contributed by atoms with E-state index < -0.39 is 0 Å². The minimum Gasteiger partial charge on any atom is -0.351 e. The second-order valence-corrected chi connectivity index (χ2v) is 7.52. The Bertz CT molecular complexity index is 545. The molecule has 0 aromatic heterocycles. The SMILES string of the molecule is O=C(CSCC(=O)c1ccccc1)NC1CCN(CC2CC2)C1. The lowest BCUT2D eigenvalue weighted by atomic mass is 10.2. The summed E-state index contributed by atoms with van der Waals surface area (Å²) in [7, 11) is 0. The molecule has 1 aromatic rings. The zero-order valence-electron chi connectivity index (χ0n) is 13.4. The summed E-state index contributed by atoms with van der Waals surface area (Å²) in [5.74, 6) is 1.76. The molecule has 0 radical (unpaired) electrons. The Kier molecular flexibility index (Phi) is 5.73. The molecule has 0 spiro atoms. The Labute approximate surface area is 142 Å². The van der Waals surface area contributed by atoms with Gasteiger partial charge in [0.2, 0.25) is 5.91 Å². The molecule has 4 nitrogen and oxygen atoms in total. The molecule has 1 saturated heterocycles. The van der Waals surface area contributed by atoms with Crippen LogP contribution in [0.4, 0.5) is 0 Å². The molecule has 124 valence electrons. The van der Waals surface area contributed by atoms with E-state index in [1.807, 2.05) is 30.3 Å². The highest BCUT2D eigenvalue weighted by Crippen LogP contribution is 2.30. The molecule has 1 N–H and O–H groups in total. The average molecular weight is 332 g/mol. The van der Waals surface area contributed by atoms with Crippen LogP contribution < -0.4 is 5.32 Å². The quantitative estimate of drug-likeness (QED) is 0.742. The van der Waals surface area contributed by atoms with Crippen LogP contribution in [0.2, 0.25) is 0 Å². The molecule has 1 unspecified atom stereocenters. The number of Topliss-reactive ketones (excluding diaryl/α,β-unsaturated/α-hetero) is 1. The number of benzene rings is 1. The number of hydrogen-bond acceptors (Lipinski definition) is 4. The summed E-state index contributed by atoms with van der Waals surface area (Å²) in [4.78, 5) is 26.4. The lowest BCUT2D eigenvalue weighted by molar-refractivity contribution is -0.119. The summed E-state index contributed by atoms with van der Waals surface area (Å²) in [6, 6.07) is 9.53. The first-order valence-corrected chi connectivity index (χ1v) is 9.54. The van der Waals surface area contributed by atoms with Gasteiger partial charge in [-0.1, -0.05) is 30.3 Å². The van der Waals surface area contributed by atoms with E-state index in [2.05, 4.69) is 10.2 Å². The predicted molar refractivity (Wildman–Crippen MR) is 93.8 cm³/mol. The maximum Gasteiger partial charge on any atom is 0.230 e. The van der Waals surface area contributed by atoms with Gasteiger partial charge < -0.3 is 10.2 Å². The number of carbonyl (C=O) groups is 2. The van der Waals surface area contributed by atoms with Crippen LogP contribution >= 0.6 is 11.8 Å². The van der Waals surface area contributed by atoms with Crippen LogP contribution in [-0.2, 0) is 4.79 Å². The summed E-state index contributed by atoms with van der Waals surface area (Å²) in [5, 5.41) is 3.10. The lowest BCUT2D eigenvalue weighted by Crippen LogP contribution is -2.38. The Morgan fingerprint density at radius 2 is 1.91 bits per heavy atom. The van der Waals surface area contributed by atoms with Crippen LogP contribution in [0.15, 0.2) is 30.3 Å². The lowest BCUT2D eigenvalue weighted by Gasteiger charge is -2.16. The molecule has 3 rings (SSSR count). The molecular weight excluding hydrogens is 308 g/mol. The molecule has 1 aliphatic heterocycles. The molecule has 1 aromatic carbocycles. The summed E-state index contributed by atoms with van der Waals surface area (Å²) >= 11 is 1.39. The number of nitrogens with zero attached hydrogens (tertiary/aromatic N) is 1. The van der Waals surface area contributed by atoms with Crippen LogP contribution in [0.1, 0.15) is 29.6 Å². The van der Waals surface area contributed by atoms with Crippen LogP contribution in [-0.4, -0.2) is 53.8 Å². The minimum absolute atomic E-state index is 0.0501. The van der Waals surface area contributed by atoms with Crippen LogP contribution in [0.3, 0.4) is 0 Å². The molecule has 0 bridgehead atoms. The number of hydrogen-bond donors (Lipinski definition) is 1. The van der Waals surface area contributed by atoms with Gasteiger partial charge in [0.05, 0.1) is 11.5 Å². The molecule has 1 saturated carbocycles. The van der Waals surface area contributed by atoms with Crippen LogP contribution in [0.25, 0.3) is 0 Å². The monoisotopic (exact) mass is 332 g/mol. The fraction of sp³-hybridized carbons (Fsp3) is 0.556. The number of nitrogens with one attached hydrogen (secondary N) is 1. The molecule has 2 fully saturated rings. The van der Waals surface area contributed by atoms with Gasteiger partial charge in [-0.25, -0.2) is 0 Å². The van der Waals surface area contributed by atoms with Crippen LogP contribution in [0.5, 0.6) is 0 Å². The zero-order valence-corrected chi connectivity index (χ0v) is 14.2. The van der Waals surface area contributed by atoms with Gasteiger partial charge in [0.15, 0.2) is 5.78 Å². The van der Waals surface area contributed by atoms with Crippen LogP contribution in [0, 0.1) is 5.92 Å². The molecule has 2 aliphatic rings. The number of ketones is 1. The minimum atomic E-state index is 0.0501. The average Bonchev–Trinajstić information content (AvgIpc) is 3.26. The van der Waals surface area contributed by atoms with Crippen molar-refractivity contribution in [1.82, 2.24) is 10.2 Å². The van der Waals surface area contributed by atoms with Gasteiger partial charge in [-0.3, -0.25) is 9.59 Å². The van der Waals surface area contributed by atoms with E-state index in [9.17, 15) is 9.59 Å². The third kappa shape index (κ3) is 5.36. The maximum atomic E-state index is 12.0. The number of carbonyl (C=O) groups excluding carboxylic acids is 2. The van der Waals surface area contributed by atoms with Crippen molar-refractivity contribution in [3.8, 4) is 0 Å². The highest BCUT2D eigenvalue weighted by Gasteiger charge is 2.29. The smallest absolute Gasteiger partial charge is 0.230 e. The predicted octanol–water partition coefficient (Wildman–Crippen LogP) is 2.20. The molecule has 5 heteroatoms. The Morgan fingerprint density at radius 1 is 1.13 bits per heavy atom. The van der Waals surface area contributed by atoms with Gasteiger partial charge in [-0.15, -0.1) is 11.8 Å². The second kappa shape index (κ2) is 7.97. The van der Waals surface area contributed by atoms with Crippen molar-refractivity contribution >= 4 is 23.5 Å². The van der Waals surface area contributed by atoms with E-state index in [0.717, 1.165) is 25.4 Å². The van der Waals surface area contributed by atoms with Crippen molar-refractivity contribution in [3.63, 3.8) is 0 Å². The molecule has 1 amide bonds. The number of rotatable bonds is 8. The van der Waals surface area contributed by atoms with E-state index >= 15 is 0 Å². The Morgan fingerprint density at radius 3 is 2.65 bits per heavy atom. The normalized spacial score (nSPS) is 21.3. The van der Waals surface area contributed by atoms with Crippen molar-refractivity contribution in [2.45, 2.75) is 25.3 Å². The zero-order chi connectivity index (χ0) is 16.1. The third-order valence-corrected chi connectivity index (χ3v) is 5.35. The van der Waals surface area contributed by atoms with Crippen molar-refractivity contribution in [3.05, 3.63) is 35.9 Å². The van der Waals surface area contributed by atoms with E-state index in [4.69, 9.17) is 0 Å². The molecule has 23 heavy (non-hydrogen) atoms. The largest absolute Gasteiger partial charge is 0.351 e. The number of thioether (sulfide) groups is 1. The number of likely N-dealkylation sites (tertiary alicyclic amines) is 1. The van der Waals surface area contributed by atoms with Gasteiger partial charge in [-0.05, 0) is 25.2 Å². The van der Waals surface area contributed by atoms with E-state index in [-0.39, 0.29) is 17.7 Å². The Hall–Kier alpha value is -1.33. The van der Waals surface area contributed by atoms with Crippen molar-refractivity contribution in [1.29, 1.82) is 0 Å². The van der Waals surface area contributed by atoms with Gasteiger partial charge in [0, 0.05) is 31.2 Å². The van der Waals surface area contributed by atoms with Gasteiger partial charge in [0.1, 0.15) is 0 Å². The fourth-order valence-corrected chi connectivity index (χ4v) is 3.72. The molecular formula is C18H24N2O2S. The third-order valence-electron chi connectivity index (χ3n) is 4.41. The van der Waals surface area contributed by atoms with Crippen molar-refractivity contribution < 1.29 is 9.59 Å². The van der Waals surface area contributed by atoms with E-state index in [1.165, 1.54) is 31.1 Å². The Balaban J connectivity index is 1.31. The standard InChI is InChI=1S/C18H24N2O2S/c21-17(15-4-2-1-3-5-15)12-23-13-18(22)19-16-8-9-20(11-16)10-14-6-7-14/h1-5,14,16H,6-13H2,(H,19,22). The van der Waals surface area contributed by atoms with E-state index in [0.29, 0.717) is 17.1 Å². The fourth-order valence-electron chi connectivity index (χ4n) is 3.00. The van der Waals surface area contributed by atoms with Gasteiger partial charge >= 0.3 is 0 Å². The molecule has 1 heterocycles.